The maximum Gasteiger partial charge on any atom is 0.255 e. The summed E-state index contributed by atoms with van der Waals surface area (Å²) in [5.74, 6) is -0.0897. The van der Waals surface area contributed by atoms with E-state index in [0.29, 0.717) is 5.56 Å². The van der Waals surface area contributed by atoms with Gasteiger partial charge in [0, 0.05) is 17.6 Å². The van der Waals surface area contributed by atoms with Crippen LogP contribution in [0.4, 0.5) is 0 Å². The average Bonchev–Trinajstić information content (AvgIpc) is 2.72. The van der Waals surface area contributed by atoms with E-state index in [-0.39, 0.29) is 11.9 Å². The first-order chi connectivity index (χ1) is 7.72. The Morgan fingerprint density at radius 3 is 3.19 bits per heavy atom. The second kappa shape index (κ2) is 4.65. The number of alkyl halides is 1. The minimum absolute atomic E-state index is 0.0897. The number of nitrogens with zero attached hydrogens (tertiary/aromatic N) is 2. The largest absolute Gasteiger partial charge is 0.349 e. The summed E-state index contributed by atoms with van der Waals surface area (Å²) < 4.78 is 1.69. The van der Waals surface area contributed by atoms with E-state index in [1.807, 2.05) is 31.3 Å². The molecule has 16 heavy (non-hydrogen) atoms. The van der Waals surface area contributed by atoms with Crippen molar-refractivity contribution in [2.24, 2.45) is 0 Å². The summed E-state index contributed by atoms with van der Waals surface area (Å²) in [6.45, 7) is 1.94. The number of hydrogen-bond acceptors (Lipinski definition) is 2. The van der Waals surface area contributed by atoms with Gasteiger partial charge in [0.1, 0.15) is 0 Å². The second-order valence-corrected chi connectivity index (χ2v) is 4.26. The fourth-order valence-electron chi connectivity index (χ4n) is 1.45. The normalized spacial score (nSPS) is 12.6. The van der Waals surface area contributed by atoms with Gasteiger partial charge in [-0.25, -0.2) is 4.52 Å². The Bertz CT molecular complexity index is 509. The van der Waals surface area contributed by atoms with Gasteiger partial charge in [-0.05, 0) is 19.1 Å². The number of nitrogens with one attached hydrogen (secondary N) is 1. The highest BCUT2D eigenvalue weighted by Crippen LogP contribution is 2.09. The number of aromatic nitrogens is 2. The number of pyridine rings is 1. The third-order valence-electron chi connectivity index (χ3n) is 2.28. The number of amides is 1. The highest BCUT2D eigenvalue weighted by atomic mass is 79.9. The van der Waals surface area contributed by atoms with E-state index in [9.17, 15) is 4.79 Å². The van der Waals surface area contributed by atoms with E-state index < -0.39 is 0 Å². The van der Waals surface area contributed by atoms with Gasteiger partial charge >= 0.3 is 0 Å². The molecular formula is C11H12BrN3O. The summed E-state index contributed by atoms with van der Waals surface area (Å²) in [5.41, 5.74) is 1.43. The Kier molecular flexibility index (Phi) is 3.24. The zero-order valence-electron chi connectivity index (χ0n) is 8.85. The highest BCUT2D eigenvalue weighted by Gasteiger charge is 2.13. The lowest BCUT2D eigenvalue weighted by molar-refractivity contribution is 0.0945. The minimum atomic E-state index is -0.0897. The predicted molar refractivity (Wildman–Crippen MR) is 65.9 cm³/mol. The van der Waals surface area contributed by atoms with Crippen LogP contribution in [0.3, 0.4) is 0 Å². The predicted octanol–water partition coefficient (Wildman–Crippen LogP) is 1.85. The summed E-state index contributed by atoms with van der Waals surface area (Å²) in [4.78, 5) is 11.9. The number of carbonyl (C=O) groups excluding carboxylic acids is 1. The van der Waals surface area contributed by atoms with Gasteiger partial charge in [-0.3, -0.25) is 4.79 Å². The van der Waals surface area contributed by atoms with Crippen molar-refractivity contribution in [1.29, 1.82) is 0 Å². The monoisotopic (exact) mass is 281 g/mol. The first-order valence-corrected chi connectivity index (χ1v) is 6.13. The van der Waals surface area contributed by atoms with Gasteiger partial charge in [0.05, 0.1) is 17.3 Å². The van der Waals surface area contributed by atoms with Gasteiger partial charge in [0.25, 0.3) is 5.91 Å². The number of rotatable bonds is 3. The molecule has 4 nitrogen and oxygen atoms in total. The smallest absolute Gasteiger partial charge is 0.255 e. The minimum Gasteiger partial charge on any atom is -0.349 e. The molecule has 2 heterocycles. The van der Waals surface area contributed by atoms with Crippen LogP contribution in [0.2, 0.25) is 0 Å². The van der Waals surface area contributed by atoms with Crippen molar-refractivity contribution >= 4 is 27.4 Å². The summed E-state index contributed by atoms with van der Waals surface area (Å²) >= 11 is 3.32. The molecule has 1 atom stereocenters. The molecule has 0 aliphatic rings. The molecule has 0 saturated carbocycles. The number of carbonyl (C=O) groups is 1. The maximum atomic E-state index is 11.9. The topological polar surface area (TPSA) is 46.4 Å². The molecule has 2 aromatic rings. The standard InChI is InChI=1S/C11H12BrN3O/c1-8(6-12)14-11(16)9-7-13-15-5-3-2-4-10(9)15/h2-5,7-8H,6H2,1H3,(H,14,16). The SMILES string of the molecule is CC(CBr)NC(=O)c1cnn2ccccc12. The van der Waals surface area contributed by atoms with E-state index in [1.165, 1.54) is 0 Å². The number of fused-ring (bicyclic) bond motifs is 1. The summed E-state index contributed by atoms with van der Waals surface area (Å²) in [5, 5.41) is 7.74. The van der Waals surface area contributed by atoms with Gasteiger partial charge in [-0.2, -0.15) is 5.10 Å². The lowest BCUT2D eigenvalue weighted by atomic mass is 10.2. The Labute approximate surface area is 102 Å². The van der Waals surface area contributed by atoms with Crippen LogP contribution in [0.25, 0.3) is 5.52 Å². The molecular weight excluding hydrogens is 270 g/mol. The van der Waals surface area contributed by atoms with Gasteiger partial charge in [-0.15, -0.1) is 0 Å². The van der Waals surface area contributed by atoms with Crippen LogP contribution < -0.4 is 5.32 Å². The van der Waals surface area contributed by atoms with Crippen molar-refractivity contribution in [3.05, 3.63) is 36.2 Å². The number of hydrogen-bond donors (Lipinski definition) is 1. The molecule has 1 unspecified atom stereocenters. The fraction of sp³-hybridized carbons (Fsp3) is 0.273. The molecule has 1 amide bonds. The molecule has 0 aliphatic carbocycles. The van der Waals surface area contributed by atoms with E-state index in [1.54, 1.807) is 10.7 Å². The van der Waals surface area contributed by atoms with Gasteiger partial charge in [-0.1, -0.05) is 22.0 Å². The van der Waals surface area contributed by atoms with Crippen LogP contribution in [-0.2, 0) is 0 Å². The zero-order chi connectivity index (χ0) is 11.5. The lowest BCUT2D eigenvalue weighted by Gasteiger charge is -2.09. The van der Waals surface area contributed by atoms with E-state index in [0.717, 1.165) is 10.8 Å². The lowest BCUT2D eigenvalue weighted by Crippen LogP contribution is -2.33. The van der Waals surface area contributed by atoms with Crippen molar-refractivity contribution in [2.45, 2.75) is 13.0 Å². The van der Waals surface area contributed by atoms with Crippen LogP contribution in [0.1, 0.15) is 17.3 Å². The van der Waals surface area contributed by atoms with Crippen LogP contribution >= 0.6 is 15.9 Å². The third-order valence-corrected chi connectivity index (χ3v) is 3.25. The summed E-state index contributed by atoms with van der Waals surface area (Å²) in [7, 11) is 0. The Balaban J connectivity index is 2.30. The van der Waals surface area contributed by atoms with Crippen molar-refractivity contribution < 1.29 is 4.79 Å². The average molecular weight is 282 g/mol. The second-order valence-electron chi connectivity index (χ2n) is 3.62. The molecule has 2 rings (SSSR count). The van der Waals surface area contributed by atoms with Gasteiger partial charge in [0.15, 0.2) is 0 Å². The Morgan fingerprint density at radius 2 is 2.44 bits per heavy atom. The van der Waals surface area contributed by atoms with Gasteiger partial charge < -0.3 is 5.32 Å². The van der Waals surface area contributed by atoms with Gasteiger partial charge in [0.2, 0.25) is 0 Å². The van der Waals surface area contributed by atoms with Crippen molar-refractivity contribution in [3.63, 3.8) is 0 Å². The molecule has 0 aromatic carbocycles. The zero-order valence-corrected chi connectivity index (χ0v) is 10.4. The fourth-order valence-corrected chi connectivity index (χ4v) is 1.61. The Morgan fingerprint density at radius 1 is 1.62 bits per heavy atom. The van der Waals surface area contributed by atoms with Crippen LogP contribution in [0.15, 0.2) is 30.6 Å². The van der Waals surface area contributed by atoms with Crippen LogP contribution in [0, 0.1) is 0 Å². The molecule has 2 aromatic heterocycles. The van der Waals surface area contributed by atoms with Crippen molar-refractivity contribution in [2.75, 3.05) is 5.33 Å². The van der Waals surface area contributed by atoms with E-state index >= 15 is 0 Å². The highest BCUT2D eigenvalue weighted by molar-refractivity contribution is 9.09. The molecule has 0 aliphatic heterocycles. The van der Waals surface area contributed by atoms with E-state index in [4.69, 9.17) is 0 Å². The first kappa shape index (κ1) is 11.1. The third kappa shape index (κ3) is 2.09. The first-order valence-electron chi connectivity index (χ1n) is 5.01. The molecule has 0 saturated heterocycles. The quantitative estimate of drug-likeness (QED) is 0.873. The molecule has 84 valence electrons. The molecule has 0 radical (unpaired) electrons. The van der Waals surface area contributed by atoms with Crippen molar-refractivity contribution in [3.8, 4) is 0 Å². The maximum absolute atomic E-state index is 11.9. The summed E-state index contributed by atoms with van der Waals surface area (Å²) in [6.07, 6.45) is 3.41. The molecule has 5 heteroatoms. The van der Waals surface area contributed by atoms with E-state index in [2.05, 4.69) is 26.3 Å². The van der Waals surface area contributed by atoms with Crippen LogP contribution in [0.5, 0.6) is 0 Å². The summed E-state index contributed by atoms with van der Waals surface area (Å²) in [6, 6.07) is 5.75. The van der Waals surface area contributed by atoms with Crippen LogP contribution in [-0.4, -0.2) is 26.9 Å². The molecule has 0 fully saturated rings. The van der Waals surface area contributed by atoms with Crippen molar-refractivity contribution in [1.82, 2.24) is 14.9 Å². The molecule has 0 bridgehead atoms. The number of halogens is 1. The molecule has 1 N–H and O–H groups in total. The Hall–Kier alpha value is -1.36. The molecule has 0 spiro atoms.